The summed E-state index contributed by atoms with van der Waals surface area (Å²) in [5.74, 6) is 1.69. The van der Waals surface area contributed by atoms with Gasteiger partial charge >= 0.3 is 0 Å². The highest BCUT2D eigenvalue weighted by Gasteiger charge is 2.27. The Bertz CT molecular complexity index is 725. The molecule has 2 aliphatic rings. The first kappa shape index (κ1) is 12.2. The van der Waals surface area contributed by atoms with Gasteiger partial charge in [0, 0.05) is 17.1 Å². The molecule has 1 heterocycles. The Kier molecular flexibility index (Phi) is 2.74. The van der Waals surface area contributed by atoms with Crippen molar-refractivity contribution in [2.45, 2.75) is 31.6 Å². The van der Waals surface area contributed by atoms with Crippen molar-refractivity contribution in [1.82, 2.24) is 4.98 Å². The highest BCUT2D eigenvalue weighted by molar-refractivity contribution is 6.35. The highest BCUT2D eigenvalue weighted by atomic mass is 35.5. The van der Waals surface area contributed by atoms with Gasteiger partial charge in [0.25, 0.3) is 0 Å². The fourth-order valence-corrected chi connectivity index (χ4v) is 3.14. The quantitative estimate of drug-likeness (QED) is 0.747. The summed E-state index contributed by atoms with van der Waals surface area (Å²) in [5.41, 5.74) is 4.78. The Hall–Kier alpha value is -1.54. The molecule has 2 aromatic rings. The van der Waals surface area contributed by atoms with Crippen molar-refractivity contribution in [3.63, 3.8) is 0 Å². The predicted octanol–water partition coefficient (Wildman–Crippen LogP) is 4.92. The molecule has 0 atom stereocenters. The van der Waals surface area contributed by atoms with Crippen LogP contribution >= 0.6 is 11.6 Å². The Morgan fingerprint density at radius 1 is 1.30 bits per heavy atom. The van der Waals surface area contributed by atoms with Gasteiger partial charge in [-0.05, 0) is 60.9 Å². The number of rotatable bonds is 3. The van der Waals surface area contributed by atoms with Gasteiger partial charge in [0.15, 0.2) is 0 Å². The molecular weight excluding hydrogens is 270 g/mol. The monoisotopic (exact) mass is 285 g/mol. The van der Waals surface area contributed by atoms with Crippen LogP contribution in [-0.2, 0) is 4.74 Å². The first-order chi connectivity index (χ1) is 9.78. The molecule has 1 aromatic carbocycles. The fraction of sp³-hybridized carbons (Fsp3) is 0.353. The topological polar surface area (TPSA) is 22.1 Å². The van der Waals surface area contributed by atoms with Crippen molar-refractivity contribution in [3.8, 4) is 0 Å². The van der Waals surface area contributed by atoms with E-state index in [4.69, 9.17) is 16.3 Å². The van der Waals surface area contributed by atoms with Crippen molar-refractivity contribution in [3.05, 3.63) is 46.1 Å². The maximum atomic E-state index is 6.44. The van der Waals surface area contributed by atoms with E-state index in [0.717, 1.165) is 34.7 Å². The zero-order valence-corrected chi connectivity index (χ0v) is 12.2. The van der Waals surface area contributed by atoms with E-state index < -0.39 is 0 Å². The van der Waals surface area contributed by atoms with Crippen molar-refractivity contribution >= 4 is 28.3 Å². The van der Waals surface area contributed by atoms with Crippen LogP contribution in [0.5, 0.6) is 0 Å². The van der Waals surface area contributed by atoms with Gasteiger partial charge in [-0.25, -0.2) is 0 Å². The van der Waals surface area contributed by atoms with Gasteiger partial charge in [0.2, 0.25) is 0 Å². The lowest BCUT2D eigenvalue weighted by atomic mass is 10.0. The zero-order valence-electron chi connectivity index (χ0n) is 11.4. The summed E-state index contributed by atoms with van der Waals surface area (Å²) in [4.78, 5) is 4.45. The van der Waals surface area contributed by atoms with Gasteiger partial charge in [-0.2, -0.15) is 0 Å². The molecule has 2 aliphatic carbocycles. The summed E-state index contributed by atoms with van der Waals surface area (Å²) in [6, 6.07) is 6.32. The fourth-order valence-electron chi connectivity index (χ4n) is 2.87. The summed E-state index contributed by atoms with van der Waals surface area (Å²) in [5, 5.41) is 1.91. The number of allylic oxidation sites excluding steroid dienone is 1. The number of halogens is 1. The van der Waals surface area contributed by atoms with Crippen LogP contribution in [0.2, 0.25) is 5.02 Å². The normalized spacial score (nSPS) is 17.4. The van der Waals surface area contributed by atoms with E-state index in [2.05, 4.69) is 17.1 Å². The van der Waals surface area contributed by atoms with Gasteiger partial charge < -0.3 is 4.74 Å². The summed E-state index contributed by atoms with van der Waals surface area (Å²) in [7, 11) is 1.74. The van der Waals surface area contributed by atoms with Gasteiger partial charge in [0.05, 0.1) is 17.6 Å². The summed E-state index contributed by atoms with van der Waals surface area (Å²) in [6.07, 6.45) is 6.71. The minimum Gasteiger partial charge on any atom is -0.496 e. The molecule has 0 aliphatic heterocycles. The lowest BCUT2D eigenvalue weighted by Gasteiger charge is -2.11. The van der Waals surface area contributed by atoms with E-state index >= 15 is 0 Å². The third-order valence-corrected chi connectivity index (χ3v) is 4.42. The molecule has 0 spiro atoms. The largest absolute Gasteiger partial charge is 0.496 e. The Morgan fingerprint density at radius 3 is 2.75 bits per heavy atom. The number of benzene rings is 1. The smallest absolute Gasteiger partial charge is 0.125 e. The van der Waals surface area contributed by atoms with Gasteiger partial charge in [-0.15, -0.1) is 0 Å². The van der Waals surface area contributed by atoms with E-state index in [0.29, 0.717) is 5.92 Å². The molecule has 0 unspecified atom stereocenters. The number of nitrogens with zero attached hydrogens (tertiary/aromatic N) is 1. The number of aromatic nitrogens is 1. The molecule has 102 valence electrons. The van der Waals surface area contributed by atoms with E-state index in [1.165, 1.54) is 29.4 Å². The average molecular weight is 286 g/mol. The summed E-state index contributed by atoms with van der Waals surface area (Å²) in [6.45, 7) is 0. The van der Waals surface area contributed by atoms with E-state index in [1.54, 1.807) is 7.11 Å². The van der Waals surface area contributed by atoms with Crippen molar-refractivity contribution in [2.75, 3.05) is 7.11 Å². The minimum atomic E-state index is 0.686. The van der Waals surface area contributed by atoms with Gasteiger partial charge in [-0.1, -0.05) is 11.6 Å². The molecule has 1 aromatic heterocycles. The van der Waals surface area contributed by atoms with E-state index in [9.17, 15) is 0 Å². The molecule has 3 heteroatoms. The standard InChI is InChI=1S/C17H16ClNO/c1-20-17(11-4-5-11)12-8-14-13(10-2-3-10)6-7-19-16(14)15(18)9-12/h6-10H,2-5H2,1H3. The van der Waals surface area contributed by atoms with Crippen LogP contribution in [0, 0.1) is 0 Å². The second kappa shape index (κ2) is 4.49. The number of pyridine rings is 1. The average Bonchev–Trinajstić information content (AvgIpc) is 3.32. The van der Waals surface area contributed by atoms with Gasteiger partial charge in [-0.3, -0.25) is 4.98 Å². The van der Waals surface area contributed by atoms with Gasteiger partial charge in [0.1, 0.15) is 5.76 Å². The number of methoxy groups -OCH3 is 1. The maximum absolute atomic E-state index is 6.44. The maximum Gasteiger partial charge on any atom is 0.125 e. The van der Waals surface area contributed by atoms with Crippen LogP contribution in [0.3, 0.4) is 0 Å². The number of hydrogen-bond acceptors (Lipinski definition) is 2. The first-order valence-electron chi connectivity index (χ1n) is 7.12. The highest BCUT2D eigenvalue weighted by Crippen LogP contribution is 2.45. The number of fused-ring (bicyclic) bond motifs is 1. The molecule has 2 fully saturated rings. The SMILES string of the molecule is COC(=C1CC1)c1cc(Cl)c2nccc(C3CC3)c2c1. The summed E-state index contributed by atoms with van der Waals surface area (Å²) >= 11 is 6.44. The number of hydrogen-bond donors (Lipinski definition) is 0. The predicted molar refractivity (Wildman–Crippen MR) is 81.9 cm³/mol. The first-order valence-corrected chi connectivity index (χ1v) is 7.50. The van der Waals surface area contributed by atoms with Crippen LogP contribution in [0.4, 0.5) is 0 Å². The minimum absolute atomic E-state index is 0.686. The second-order valence-corrected chi connectivity index (χ2v) is 6.07. The molecule has 0 bridgehead atoms. The number of ether oxygens (including phenoxy) is 1. The Labute approximate surface area is 123 Å². The second-order valence-electron chi connectivity index (χ2n) is 5.67. The molecular formula is C17H16ClNO. The van der Waals surface area contributed by atoms with Crippen molar-refractivity contribution < 1.29 is 4.74 Å². The summed E-state index contributed by atoms with van der Waals surface area (Å²) < 4.78 is 5.58. The van der Waals surface area contributed by atoms with Crippen LogP contribution in [0.1, 0.15) is 42.7 Å². The molecule has 0 N–H and O–H groups in total. The van der Waals surface area contributed by atoms with Crippen LogP contribution in [0.15, 0.2) is 30.0 Å². The molecule has 20 heavy (non-hydrogen) atoms. The van der Waals surface area contributed by atoms with Crippen molar-refractivity contribution in [1.29, 1.82) is 0 Å². The van der Waals surface area contributed by atoms with E-state index in [1.807, 2.05) is 12.3 Å². The third-order valence-electron chi connectivity index (χ3n) is 4.14. The van der Waals surface area contributed by atoms with Crippen LogP contribution < -0.4 is 0 Å². The Morgan fingerprint density at radius 2 is 2.10 bits per heavy atom. The third kappa shape index (κ3) is 1.99. The molecule has 0 radical (unpaired) electrons. The molecule has 4 rings (SSSR count). The zero-order chi connectivity index (χ0) is 13.7. The lowest BCUT2D eigenvalue weighted by molar-refractivity contribution is 0.368. The molecule has 2 saturated carbocycles. The Balaban J connectivity index is 1.96. The lowest BCUT2D eigenvalue weighted by Crippen LogP contribution is -1.93. The van der Waals surface area contributed by atoms with Crippen LogP contribution in [-0.4, -0.2) is 12.1 Å². The molecule has 2 nitrogen and oxygen atoms in total. The van der Waals surface area contributed by atoms with Crippen LogP contribution in [0.25, 0.3) is 16.7 Å². The van der Waals surface area contributed by atoms with Crippen molar-refractivity contribution in [2.24, 2.45) is 0 Å². The van der Waals surface area contributed by atoms with E-state index in [-0.39, 0.29) is 0 Å². The molecule has 0 saturated heterocycles. The molecule has 0 amide bonds.